The van der Waals surface area contributed by atoms with E-state index in [1.807, 2.05) is 67.5 Å². The Bertz CT molecular complexity index is 1000. The van der Waals surface area contributed by atoms with Gasteiger partial charge in [-0.3, -0.25) is 14.6 Å². The monoisotopic (exact) mass is 481 g/mol. The van der Waals surface area contributed by atoms with E-state index in [4.69, 9.17) is 14.2 Å². The second-order valence-electron chi connectivity index (χ2n) is 8.49. The molecule has 1 amide bonds. The number of aryl methyl sites for hydroxylation is 1. The number of benzene rings is 2. The van der Waals surface area contributed by atoms with Crippen molar-refractivity contribution in [1.82, 2.24) is 5.01 Å². The summed E-state index contributed by atoms with van der Waals surface area (Å²) in [5.74, 6) is 0.603. The highest BCUT2D eigenvalue weighted by Gasteiger charge is 2.12. The first-order valence-corrected chi connectivity index (χ1v) is 12.2. The van der Waals surface area contributed by atoms with E-state index in [1.165, 1.54) is 6.92 Å². The van der Waals surface area contributed by atoms with E-state index in [9.17, 15) is 9.59 Å². The molecule has 1 N–H and O–H groups in total. The second-order valence-corrected chi connectivity index (χ2v) is 8.49. The number of esters is 1. The van der Waals surface area contributed by atoms with Crippen LogP contribution >= 0.6 is 0 Å². The van der Waals surface area contributed by atoms with Crippen LogP contribution in [0.2, 0.25) is 0 Å². The van der Waals surface area contributed by atoms with Crippen molar-refractivity contribution in [2.45, 2.75) is 46.1 Å². The zero-order valence-electron chi connectivity index (χ0n) is 20.8. The molecule has 188 valence electrons. The molecule has 1 fully saturated rings. The van der Waals surface area contributed by atoms with E-state index in [2.05, 4.69) is 10.4 Å². The van der Waals surface area contributed by atoms with E-state index >= 15 is 0 Å². The van der Waals surface area contributed by atoms with Crippen LogP contribution in [0.25, 0.3) is 0 Å². The van der Waals surface area contributed by atoms with Crippen LogP contribution in [-0.4, -0.2) is 62.1 Å². The number of amides is 1. The fraction of sp³-hybridized carbons (Fsp3) is 0.444. The minimum atomic E-state index is -0.195. The quantitative estimate of drug-likeness (QED) is 0.489. The summed E-state index contributed by atoms with van der Waals surface area (Å²) in [4.78, 5) is 22.7. The number of hydrogen-bond donors (Lipinski definition) is 1. The van der Waals surface area contributed by atoms with E-state index in [0.717, 1.165) is 61.5 Å². The molecule has 0 spiro atoms. The molecule has 0 bridgehead atoms. The molecule has 0 aliphatic carbocycles. The van der Waals surface area contributed by atoms with Crippen LogP contribution in [0.5, 0.6) is 5.75 Å². The van der Waals surface area contributed by atoms with Crippen LogP contribution < -0.4 is 10.1 Å². The lowest BCUT2D eigenvalue weighted by Gasteiger charge is -2.23. The summed E-state index contributed by atoms with van der Waals surface area (Å²) in [7, 11) is 0. The Kier molecular flexibility index (Phi) is 10.1. The van der Waals surface area contributed by atoms with Crippen LogP contribution in [0, 0.1) is 0 Å². The fourth-order valence-electron chi connectivity index (χ4n) is 3.55. The number of ether oxygens (including phenoxy) is 3. The van der Waals surface area contributed by atoms with Crippen molar-refractivity contribution in [3.05, 3.63) is 59.2 Å². The van der Waals surface area contributed by atoms with E-state index in [1.54, 1.807) is 0 Å². The van der Waals surface area contributed by atoms with Crippen LogP contribution in [0.1, 0.15) is 55.1 Å². The van der Waals surface area contributed by atoms with Gasteiger partial charge in [0.15, 0.2) is 0 Å². The normalized spacial score (nSPS) is 15.8. The molecule has 8 nitrogen and oxygen atoms in total. The lowest BCUT2D eigenvalue weighted by atomic mass is 10.1. The SMILES string of the molecule is CCC(C)OC(C)=O.O=C(Nc1ccc2c(c1)CCCO2)c1ccc(C=NN2CCOCC2)cc1. The number of nitrogens with zero attached hydrogens (tertiary/aromatic N) is 2. The van der Waals surface area contributed by atoms with Crippen molar-refractivity contribution in [3.63, 3.8) is 0 Å². The van der Waals surface area contributed by atoms with Gasteiger partial charge in [0.1, 0.15) is 5.75 Å². The third-order valence-corrected chi connectivity index (χ3v) is 5.64. The number of hydrazone groups is 1. The Morgan fingerprint density at radius 1 is 1.14 bits per heavy atom. The fourth-order valence-corrected chi connectivity index (χ4v) is 3.55. The van der Waals surface area contributed by atoms with E-state index < -0.39 is 0 Å². The summed E-state index contributed by atoms with van der Waals surface area (Å²) < 4.78 is 15.7. The Balaban J connectivity index is 0.000000371. The Morgan fingerprint density at radius 3 is 2.54 bits per heavy atom. The molecule has 2 aromatic rings. The molecule has 0 radical (unpaired) electrons. The van der Waals surface area contributed by atoms with Gasteiger partial charge in [-0.2, -0.15) is 5.10 Å². The predicted molar refractivity (Wildman–Crippen MR) is 136 cm³/mol. The lowest BCUT2D eigenvalue weighted by molar-refractivity contribution is -0.145. The van der Waals surface area contributed by atoms with Gasteiger partial charge in [-0.1, -0.05) is 19.1 Å². The van der Waals surface area contributed by atoms with Gasteiger partial charge < -0.3 is 19.5 Å². The maximum atomic E-state index is 12.5. The van der Waals surface area contributed by atoms with Crippen LogP contribution in [0.3, 0.4) is 0 Å². The zero-order valence-corrected chi connectivity index (χ0v) is 20.8. The van der Waals surface area contributed by atoms with Gasteiger partial charge >= 0.3 is 5.97 Å². The number of hydrogen-bond acceptors (Lipinski definition) is 7. The Morgan fingerprint density at radius 2 is 1.89 bits per heavy atom. The van der Waals surface area contributed by atoms with Crippen molar-refractivity contribution in [3.8, 4) is 5.75 Å². The minimum absolute atomic E-state index is 0.0764. The van der Waals surface area contributed by atoms with Crippen molar-refractivity contribution >= 4 is 23.8 Å². The van der Waals surface area contributed by atoms with Crippen molar-refractivity contribution in [2.75, 3.05) is 38.2 Å². The number of nitrogens with one attached hydrogen (secondary N) is 1. The average Bonchev–Trinajstić information content (AvgIpc) is 2.88. The highest BCUT2D eigenvalue weighted by molar-refractivity contribution is 6.04. The predicted octanol–water partition coefficient (Wildman–Crippen LogP) is 4.28. The van der Waals surface area contributed by atoms with Gasteiger partial charge in [0, 0.05) is 18.2 Å². The standard InChI is InChI=1S/C21H23N3O3.C6H12O2/c25-21(23-19-7-8-20-18(14-19)2-1-11-27-20)17-5-3-16(4-6-17)15-22-24-9-12-26-13-10-24;1-4-5(2)8-6(3)7/h3-8,14-15H,1-2,9-13H2,(H,23,25);5H,4H2,1-3H3. The minimum Gasteiger partial charge on any atom is -0.493 e. The van der Waals surface area contributed by atoms with Gasteiger partial charge in [-0.25, -0.2) is 0 Å². The Labute approximate surface area is 207 Å². The van der Waals surface area contributed by atoms with Crippen LogP contribution in [0.4, 0.5) is 5.69 Å². The summed E-state index contributed by atoms with van der Waals surface area (Å²) in [6.45, 7) is 9.09. The zero-order chi connectivity index (χ0) is 25.0. The number of anilines is 1. The molecule has 2 aliphatic rings. The van der Waals surface area contributed by atoms with Gasteiger partial charge in [0.25, 0.3) is 5.91 Å². The molecule has 4 rings (SSSR count). The first-order valence-electron chi connectivity index (χ1n) is 12.2. The Hall–Kier alpha value is -3.39. The topological polar surface area (TPSA) is 89.5 Å². The first-order chi connectivity index (χ1) is 16.9. The number of carbonyl (C=O) groups is 2. The smallest absolute Gasteiger partial charge is 0.302 e. The number of morpholine rings is 1. The molecule has 1 atom stereocenters. The summed E-state index contributed by atoms with van der Waals surface area (Å²) >= 11 is 0. The molecule has 0 aromatic heterocycles. The number of fused-ring (bicyclic) bond motifs is 1. The summed E-state index contributed by atoms with van der Waals surface area (Å²) in [6.07, 6.45) is 4.77. The van der Waals surface area contributed by atoms with E-state index in [-0.39, 0.29) is 18.0 Å². The molecule has 2 aliphatic heterocycles. The molecule has 0 saturated carbocycles. The van der Waals surface area contributed by atoms with Gasteiger partial charge in [-0.05, 0) is 67.6 Å². The first kappa shape index (κ1) is 26.2. The largest absolute Gasteiger partial charge is 0.493 e. The molecule has 8 heteroatoms. The van der Waals surface area contributed by atoms with Gasteiger partial charge in [0.05, 0.1) is 45.2 Å². The molecule has 1 saturated heterocycles. The van der Waals surface area contributed by atoms with Crippen molar-refractivity contribution in [2.24, 2.45) is 5.10 Å². The number of carbonyl (C=O) groups excluding carboxylic acids is 2. The van der Waals surface area contributed by atoms with Crippen molar-refractivity contribution < 1.29 is 23.8 Å². The van der Waals surface area contributed by atoms with E-state index in [0.29, 0.717) is 18.8 Å². The second kappa shape index (κ2) is 13.5. The third-order valence-electron chi connectivity index (χ3n) is 5.64. The molecule has 2 aromatic carbocycles. The maximum Gasteiger partial charge on any atom is 0.302 e. The lowest BCUT2D eigenvalue weighted by Crippen LogP contribution is -2.32. The highest BCUT2D eigenvalue weighted by Crippen LogP contribution is 2.27. The van der Waals surface area contributed by atoms with Crippen molar-refractivity contribution in [1.29, 1.82) is 0 Å². The molecule has 35 heavy (non-hydrogen) atoms. The average molecular weight is 482 g/mol. The molecular weight excluding hydrogens is 446 g/mol. The van der Waals surface area contributed by atoms with Crippen LogP contribution in [0.15, 0.2) is 47.6 Å². The molecule has 1 unspecified atom stereocenters. The summed E-state index contributed by atoms with van der Waals surface area (Å²) in [5, 5.41) is 9.40. The molecule has 2 heterocycles. The summed E-state index contributed by atoms with van der Waals surface area (Å²) in [5.41, 5.74) is 3.52. The maximum absolute atomic E-state index is 12.5. The van der Waals surface area contributed by atoms with Gasteiger partial charge in [-0.15, -0.1) is 0 Å². The molecular formula is C27H35N3O5. The summed E-state index contributed by atoms with van der Waals surface area (Å²) in [6, 6.07) is 13.2. The highest BCUT2D eigenvalue weighted by atomic mass is 16.5. The number of rotatable bonds is 6. The van der Waals surface area contributed by atoms with Gasteiger partial charge in [0.2, 0.25) is 0 Å². The third kappa shape index (κ3) is 8.72. The van der Waals surface area contributed by atoms with Crippen LogP contribution in [-0.2, 0) is 20.7 Å².